The number of hydrogen-bond donors (Lipinski definition) is 1. The highest BCUT2D eigenvalue weighted by molar-refractivity contribution is 6.30. The van der Waals surface area contributed by atoms with Crippen LogP contribution in [0.3, 0.4) is 0 Å². The number of rotatable bonds is 5. The number of aryl methyl sites for hydroxylation is 1. The molecule has 0 spiro atoms. The largest absolute Gasteiger partial charge is 0.325 e. The van der Waals surface area contributed by atoms with E-state index in [0.29, 0.717) is 16.1 Å². The monoisotopic (exact) mass is 453 g/mol. The van der Waals surface area contributed by atoms with Crippen molar-refractivity contribution < 1.29 is 4.79 Å². The summed E-state index contributed by atoms with van der Waals surface area (Å²) >= 11 is 6.04. The Balaban J connectivity index is 1.44. The third-order valence-electron chi connectivity index (χ3n) is 5.60. The van der Waals surface area contributed by atoms with Crippen LogP contribution in [0.5, 0.6) is 0 Å². The second kappa shape index (κ2) is 8.88. The fraction of sp³-hybridized carbons (Fsp3) is 0.0741. The number of amides is 1. The third-order valence-corrected chi connectivity index (χ3v) is 5.85. The highest BCUT2D eigenvalue weighted by Crippen LogP contribution is 2.26. The first-order valence-electron chi connectivity index (χ1n) is 10.6. The molecular weight excluding hydrogens is 434 g/mol. The van der Waals surface area contributed by atoms with Crippen molar-refractivity contribution in [2.24, 2.45) is 0 Å². The van der Waals surface area contributed by atoms with Gasteiger partial charge in [-0.25, -0.2) is 4.68 Å². The maximum atomic E-state index is 13.1. The smallest absolute Gasteiger partial charge is 0.274 e. The van der Waals surface area contributed by atoms with Crippen molar-refractivity contribution in [3.63, 3.8) is 0 Å². The van der Waals surface area contributed by atoms with Crippen LogP contribution in [0, 0.1) is 0 Å². The Bertz CT molecular complexity index is 1540. The van der Waals surface area contributed by atoms with Crippen LogP contribution >= 0.6 is 11.6 Å². The number of nitrogens with zero attached hydrogens (tertiary/aromatic N) is 2. The SMILES string of the molecule is O=C(CCn1nc(-c2ccc(Cl)cc2)c2ccccc2c1=O)Nc1cccc2ccccc12. The number of hydrogen-bond acceptors (Lipinski definition) is 3. The Morgan fingerprint density at radius 2 is 1.48 bits per heavy atom. The highest BCUT2D eigenvalue weighted by atomic mass is 35.5. The fourth-order valence-corrected chi connectivity index (χ4v) is 4.09. The van der Waals surface area contributed by atoms with E-state index in [4.69, 9.17) is 11.6 Å². The van der Waals surface area contributed by atoms with Gasteiger partial charge in [-0.05, 0) is 29.7 Å². The van der Waals surface area contributed by atoms with Crippen molar-refractivity contribution in [1.82, 2.24) is 9.78 Å². The molecule has 0 fully saturated rings. The molecule has 1 amide bonds. The van der Waals surface area contributed by atoms with Gasteiger partial charge in [0.15, 0.2) is 0 Å². The van der Waals surface area contributed by atoms with E-state index in [9.17, 15) is 9.59 Å². The molecule has 5 nitrogen and oxygen atoms in total. The molecule has 0 aliphatic rings. The number of aromatic nitrogens is 2. The van der Waals surface area contributed by atoms with E-state index < -0.39 is 0 Å². The summed E-state index contributed by atoms with van der Waals surface area (Å²) in [6.45, 7) is 0.168. The zero-order valence-corrected chi connectivity index (χ0v) is 18.4. The average Bonchev–Trinajstić information content (AvgIpc) is 2.85. The van der Waals surface area contributed by atoms with Gasteiger partial charge in [0.05, 0.1) is 17.6 Å². The molecule has 0 atom stereocenters. The van der Waals surface area contributed by atoms with Crippen LogP contribution in [0.15, 0.2) is 95.8 Å². The van der Waals surface area contributed by atoms with Gasteiger partial charge in [-0.2, -0.15) is 5.10 Å². The van der Waals surface area contributed by atoms with Crippen molar-refractivity contribution >= 4 is 44.7 Å². The zero-order chi connectivity index (χ0) is 22.8. The number of fused-ring (bicyclic) bond motifs is 2. The van der Waals surface area contributed by atoms with Gasteiger partial charge in [-0.3, -0.25) is 9.59 Å². The lowest BCUT2D eigenvalue weighted by atomic mass is 10.1. The quantitative estimate of drug-likeness (QED) is 0.360. The molecule has 0 bridgehead atoms. The molecule has 1 N–H and O–H groups in total. The van der Waals surface area contributed by atoms with E-state index in [1.165, 1.54) is 4.68 Å². The predicted octanol–water partition coefficient (Wildman–Crippen LogP) is 5.90. The zero-order valence-electron chi connectivity index (χ0n) is 17.7. The first kappa shape index (κ1) is 20.9. The molecule has 162 valence electrons. The van der Waals surface area contributed by atoms with Crippen molar-refractivity contribution in [2.75, 3.05) is 5.32 Å². The van der Waals surface area contributed by atoms with Crippen molar-refractivity contribution in [2.45, 2.75) is 13.0 Å². The van der Waals surface area contributed by atoms with Crippen LogP contribution in [-0.2, 0) is 11.3 Å². The van der Waals surface area contributed by atoms with E-state index in [0.717, 1.165) is 27.4 Å². The van der Waals surface area contributed by atoms with Gasteiger partial charge in [0.2, 0.25) is 5.91 Å². The van der Waals surface area contributed by atoms with Crippen LogP contribution in [-0.4, -0.2) is 15.7 Å². The van der Waals surface area contributed by atoms with E-state index in [-0.39, 0.29) is 24.4 Å². The first-order valence-corrected chi connectivity index (χ1v) is 11.0. The fourth-order valence-electron chi connectivity index (χ4n) is 3.96. The minimum atomic E-state index is -0.221. The summed E-state index contributed by atoms with van der Waals surface area (Å²) < 4.78 is 1.37. The molecule has 5 aromatic rings. The van der Waals surface area contributed by atoms with Gasteiger partial charge in [0, 0.05) is 33.5 Å². The number of nitrogens with one attached hydrogen (secondary N) is 1. The molecule has 4 aromatic carbocycles. The molecule has 0 saturated heterocycles. The Kier molecular flexibility index (Phi) is 5.63. The van der Waals surface area contributed by atoms with Gasteiger partial charge in [0.25, 0.3) is 5.56 Å². The standard InChI is InChI=1S/C27H20ClN3O2/c28-20-14-12-19(13-15-20)26-22-9-3-4-10-23(22)27(33)31(30-26)17-16-25(32)29-24-11-5-7-18-6-1-2-8-21(18)24/h1-15H,16-17H2,(H,29,32). The van der Waals surface area contributed by atoms with E-state index in [1.54, 1.807) is 18.2 Å². The summed E-state index contributed by atoms with van der Waals surface area (Å²) in [5.41, 5.74) is 2.06. The van der Waals surface area contributed by atoms with E-state index >= 15 is 0 Å². The van der Waals surface area contributed by atoms with E-state index in [1.807, 2.05) is 72.8 Å². The predicted molar refractivity (Wildman–Crippen MR) is 134 cm³/mol. The highest BCUT2D eigenvalue weighted by Gasteiger charge is 2.13. The average molecular weight is 454 g/mol. The summed E-state index contributed by atoms with van der Waals surface area (Å²) in [5.74, 6) is -0.179. The number of carbonyl (C=O) groups excluding carboxylic acids is 1. The summed E-state index contributed by atoms with van der Waals surface area (Å²) in [7, 11) is 0. The van der Waals surface area contributed by atoms with Crippen LogP contribution < -0.4 is 10.9 Å². The second-order valence-electron chi connectivity index (χ2n) is 7.75. The third kappa shape index (κ3) is 4.23. The summed E-state index contributed by atoms with van der Waals surface area (Å²) in [6.07, 6.45) is 0.120. The molecule has 0 radical (unpaired) electrons. The minimum absolute atomic E-state index is 0.120. The molecular formula is C27H20ClN3O2. The number of anilines is 1. The molecule has 1 heterocycles. The van der Waals surface area contributed by atoms with Crippen molar-refractivity contribution in [3.05, 3.63) is 106 Å². The summed E-state index contributed by atoms with van der Waals surface area (Å²) in [6, 6.07) is 28.4. The van der Waals surface area contributed by atoms with Gasteiger partial charge in [-0.1, -0.05) is 78.3 Å². The van der Waals surface area contributed by atoms with Crippen molar-refractivity contribution in [1.29, 1.82) is 0 Å². The molecule has 33 heavy (non-hydrogen) atoms. The Labute approximate surface area is 195 Å². The molecule has 1 aromatic heterocycles. The molecule has 6 heteroatoms. The van der Waals surface area contributed by atoms with Crippen LogP contribution in [0.25, 0.3) is 32.8 Å². The van der Waals surface area contributed by atoms with Gasteiger partial charge in [0.1, 0.15) is 0 Å². The molecule has 0 aliphatic carbocycles. The molecule has 0 aliphatic heterocycles. The summed E-state index contributed by atoms with van der Waals surface area (Å²) in [5, 5.41) is 11.6. The van der Waals surface area contributed by atoms with Crippen molar-refractivity contribution in [3.8, 4) is 11.3 Å². The van der Waals surface area contributed by atoms with Gasteiger partial charge < -0.3 is 5.32 Å². The Morgan fingerprint density at radius 3 is 2.27 bits per heavy atom. The van der Waals surface area contributed by atoms with Gasteiger partial charge in [-0.15, -0.1) is 0 Å². The number of benzene rings is 4. The van der Waals surface area contributed by atoms with Crippen LogP contribution in [0.4, 0.5) is 5.69 Å². The lowest BCUT2D eigenvalue weighted by Gasteiger charge is -2.12. The number of halogens is 1. The normalized spacial score (nSPS) is 11.1. The summed E-state index contributed by atoms with van der Waals surface area (Å²) in [4.78, 5) is 25.8. The Morgan fingerprint density at radius 1 is 0.818 bits per heavy atom. The molecule has 5 rings (SSSR count). The topological polar surface area (TPSA) is 64.0 Å². The lowest BCUT2D eigenvalue weighted by molar-refractivity contribution is -0.116. The Hall–Kier alpha value is -3.96. The van der Waals surface area contributed by atoms with Gasteiger partial charge >= 0.3 is 0 Å². The molecule has 0 unspecified atom stereocenters. The minimum Gasteiger partial charge on any atom is -0.325 e. The van der Waals surface area contributed by atoms with Crippen LogP contribution in [0.2, 0.25) is 5.02 Å². The molecule has 0 saturated carbocycles. The second-order valence-corrected chi connectivity index (χ2v) is 8.19. The number of carbonyl (C=O) groups is 1. The maximum Gasteiger partial charge on any atom is 0.274 e. The maximum absolute atomic E-state index is 13.1. The first-order chi connectivity index (χ1) is 16.1. The van der Waals surface area contributed by atoms with E-state index in [2.05, 4.69) is 10.4 Å². The lowest BCUT2D eigenvalue weighted by Crippen LogP contribution is -2.26. The van der Waals surface area contributed by atoms with Crippen LogP contribution in [0.1, 0.15) is 6.42 Å².